The number of amides is 1. The molecule has 27 heavy (non-hydrogen) atoms. The van der Waals surface area contributed by atoms with Gasteiger partial charge in [-0.15, -0.1) is 0 Å². The van der Waals surface area contributed by atoms with E-state index in [-0.39, 0.29) is 5.91 Å². The van der Waals surface area contributed by atoms with Crippen molar-refractivity contribution in [3.8, 4) is 0 Å². The summed E-state index contributed by atoms with van der Waals surface area (Å²) in [4.78, 5) is 12.6. The van der Waals surface area contributed by atoms with Gasteiger partial charge >= 0.3 is 0 Å². The molecule has 4 rings (SSSR count). The monoisotopic (exact) mass is 368 g/mol. The maximum atomic E-state index is 12.6. The highest BCUT2D eigenvalue weighted by atomic mass is 16.5. The van der Waals surface area contributed by atoms with Gasteiger partial charge in [-0.25, -0.2) is 0 Å². The van der Waals surface area contributed by atoms with E-state index in [1.165, 1.54) is 12.8 Å². The molecule has 5 nitrogen and oxygen atoms in total. The predicted octanol–water partition coefficient (Wildman–Crippen LogP) is 4.90. The molecule has 0 aliphatic heterocycles. The second kappa shape index (κ2) is 8.26. The molecule has 144 valence electrons. The van der Waals surface area contributed by atoms with Crippen LogP contribution in [-0.2, 0) is 24.2 Å². The number of rotatable bonds is 5. The van der Waals surface area contributed by atoms with Crippen molar-refractivity contribution >= 4 is 11.6 Å². The Balaban J connectivity index is 1.37. The number of hydrogen-bond acceptors (Lipinski definition) is 4. The van der Waals surface area contributed by atoms with Crippen molar-refractivity contribution in [3.05, 3.63) is 46.8 Å². The van der Waals surface area contributed by atoms with Gasteiger partial charge in [0.25, 0.3) is 5.91 Å². The number of hydrogen-bond donors (Lipinski definition) is 1. The van der Waals surface area contributed by atoms with Crippen LogP contribution in [0.5, 0.6) is 0 Å². The lowest BCUT2D eigenvalue weighted by molar-refractivity contribution is 0.00468. The lowest BCUT2D eigenvalue weighted by atomic mass is 9.89. The van der Waals surface area contributed by atoms with Crippen LogP contribution in [0.15, 0.2) is 28.8 Å². The van der Waals surface area contributed by atoms with Gasteiger partial charge in [-0.05, 0) is 55.7 Å². The van der Waals surface area contributed by atoms with Gasteiger partial charge in [-0.1, -0.05) is 37.1 Å². The molecule has 0 bridgehead atoms. The number of aryl methyl sites for hydroxylation is 1. The van der Waals surface area contributed by atoms with Crippen molar-refractivity contribution in [2.24, 2.45) is 5.92 Å². The summed E-state index contributed by atoms with van der Waals surface area (Å²) in [6.45, 7) is 2.88. The Morgan fingerprint density at radius 3 is 3.04 bits per heavy atom. The third kappa shape index (κ3) is 4.41. The summed E-state index contributed by atoms with van der Waals surface area (Å²) in [7, 11) is 0. The number of anilines is 1. The molecule has 0 saturated heterocycles. The third-order valence-electron chi connectivity index (χ3n) is 5.72. The van der Waals surface area contributed by atoms with E-state index in [1.54, 1.807) is 0 Å². The highest BCUT2D eigenvalue weighted by molar-refractivity contribution is 6.04. The molecule has 1 aromatic heterocycles. The van der Waals surface area contributed by atoms with Gasteiger partial charge in [0.15, 0.2) is 5.69 Å². The molecule has 2 aliphatic rings. The third-order valence-corrected chi connectivity index (χ3v) is 5.72. The molecule has 1 N–H and O–H groups in total. The Morgan fingerprint density at radius 1 is 1.26 bits per heavy atom. The molecule has 0 radical (unpaired) electrons. The molecular weight excluding hydrogens is 340 g/mol. The maximum Gasteiger partial charge on any atom is 0.278 e. The average molecular weight is 368 g/mol. The van der Waals surface area contributed by atoms with E-state index in [0.717, 1.165) is 67.0 Å². The van der Waals surface area contributed by atoms with Crippen LogP contribution in [0.4, 0.5) is 5.69 Å². The van der Waals surface area contributed by atoms with Crippen LogP contribution in [0.3, 0.4) is 0 Å². The van der Waals surface area contributed by atoms with Crippen LogP contribution < -0.4 is 5.32 Å². The first-order valence-electron chi connectivity index (χ1n) is 10.2. The van der Waals surface area contributed by atoms with Crippen LogP contribution in [0.25, 0.3) is 0 Å². The fourth-order valence-electron chi connectivity index (χ4n) is 4.24. The van der Waals surface area contributed by atoms with Crippen LogP contribution in [-0.4, -0.2) is 17.2 Å². The van der Waals surface area contributed by atoms with Gasteiger partial charge in [-0.2, -0.15) is 0 Å². The van der Waals surface area contributed by atoms with Crippen molar-refractivity contribution in [3.63, 3.8) is 0 Å². The normalized spacial score (nSPS) is 22.3. The zero-order valence-corrected chi connectivity index (χ0v) is 16.0. The van der Waals surface area contributed by atoms with Gasteiger partial charge in [0.05, 0.1) is 12.7 Å². The molecule has 1 amide bonds. The number of carbonyl (C=O) groups excluding carboxylic acids is 1. The summed E-state index contributed by atoms with van der Waals surface area (Å²) in [5.74, 6) is 1.43. The summed E-state index contributed by atoms with van der Waals surface area (Å²) in [6.07, 6.45) is 9.15. The summed E-state index contributed by atoms with van der Waals surface area (Å²) >= 11 is 0. The molecule has 1 saturated carbocycles. The van der Waals surface area contributed by atoms with E-state index in [4.69, 9.17) is 9.26 Å². The van der Waals surface area contributed by atoms with Gasteiger partial charge in [0.2, 0.25) is 0 Å². The Labute approximate surface area is 160 Å². The second-order valence-electron chi connectivity index (χ2n) is 8.00. The Hall–Kier alpha value is -2.14. The fourth-order valence-corrected chi connectivity index (χ4v) is 4.24. The summed E-state index contributed by atoms with van der Waals surface area (Å²) in [5.41, 5.74) is 3.26. The number of carbonyl (C=O) groups is 1. The largest absolute Gasteiger partial charge is 0.374 e. The number of benzene rings is 1. The van der Waals surface area contributed by atoms with E-state index in [0.29, 0.717) is 18.4 Å². The molecule has 0 unspecified atom stereocenters. The van der Waals surface area contributed by atoms with Gasteiger partial charge in [0.1, 0.15) is 5.76 Å². The summed E-state index contributed by atoms with van der Waals surface area (Å²) < 4.78 is 11.5. The van der Waals surface area contributed by atoms with Gasteiger partial charge in [-0.3, -0.25) is 4.79 Å². The maximum absolute atomic E-state index is 12.6. The van der Waals surface area contributed by atoms with E-state index < -0.39 is 0 Å². The van der Waals surface area contributed by atoms with E-state index in [1.807, 2.05) is 24.3 Å². The second-order valence-corrected chi connectivity index (χ2v) is 8.00. The zero-order chi connectivity index (χ0) is 18.6. The quantitative estimate of drug-likeness (QED) is 0.815. The average Bonchev–Trinajstić information content (AvgIpc) is 3.11. The minimum atomic E-state index is -0.193. The molecule has 1 aromatic carbocycles. The Kier molecular flexibility index (Phi) is 5.58. The Morgan fingerprint density at radius 2 is 2.15 bits per heavy atom. The summed E-state index contributed by atoms with van der Waals surface area (Å²) in [6, 6.07) is 7.88. The SMILES string of the molecule is C[C@@H]1CCC[C@H](OCc2cccc(NC(=O)c3noc4c3CCCC4)c2)C1. The zero-order valence-electron chi connectivity index (χ0n) is 16.0. The van der Waals surface area contributed by atoms with E-state index in [9.17, 15) is 4.79 Å². The molecule has 1 fully saturated rings. The molecule has 1 heterocycles. The first kappa shape index (κ1) is 18.2. The topological polar surface area (TPSA) is 64.4 Å². The lowest BCUT2D eigenvalue weighted by Gasteiger charge is -2.26. The number of ether oxygens (including phenoxy) is 1. The van der Waals surface area contributed by atoms with Gasteiger partial charge < -0.3 is 14.6 Å². The van der Waals surface area contributed by atoms with Crippen molar-refractivity contribution in [1.82, 2.24) is 5.16 Å². The molecule has 2 aliphatic carbocycles. The minimum absolute atomic E-state index is 0.193. The first-order valence-corrected chi connectivity index (χ1v) is 10.2. The number of fused-ring (bicyclic) bond motifs is 1. The highest BCUT2D eigenvalue weighted by Gasteiger charge is 2.24. The predicted molar refractivity (Wildman–Crippen MR) is 104 cm³/mol. The number of nitrogens with zero attached hydrogens (tertiary/aromatic N) is 1. The van der Waals surface area contributed by atoms with E-state index in [2.05, 4.69) is 17.4 Å². The first-order chi connectivity index (χ1) is 13.2. The van der Waals surface area contributed by atoms with Crippen molar-refractivity contribution < 1.29 is 14.1 Å². The fraction of sp³-hybridized carbons (Fsp3) is 0.545. The van der Waals surface area contributed by atoms with Crippen molar-refractivity contribution in [2.75, 3.05) is 5.32 Å². The standard InChI is InChI=1S/C22H28N2O3/c1-15-6-4-9-18(12-15)26-14-16-7-5-8-17(13-16)23-22(25)21-19-10-2-3-11-20(19)27-24-21/h5,7-8,13,15,18H,2-4,6,9-12,14H2,1H3,(H,23,25)/t15-,18+/m1/s1. The van der Waals surface area contributed by atoms with Crippen molar-refractivity contribution in [1.29, 1.82) is 0 Å². The molecule has 0 spiro atoms. The molecular formula is C22H28N2O3. The summed E-state index contributed by atoms with van der Waals surface area (Å²) in [5, 5.41) is 6.97. The highest BCUT2D eigenvalue weighted by Crippen LogP contribution is 2.27. The van der Waals surface area contributed by atoms with Crippen LogP contribution in [0.2, 0.25) is 0 Å². The lowest BCUT2D eigenvalue weighted by Crippen LogP contribution is -2.21. The van der Waals surface area contributed by atoms with Gasteiger partial charge in [0, 0.05) is 17.7 Å². The van der Waals surface area contributed by atoms with Crippen LogP contribution in [0.1, 0.15) is 72.8 Å². The van der Waals surface area contributed by atoms with Crippen LogP contribution in [0, 0.1) is 5.92 Å². The van der Waals surface area contributed by atoms with Crippen molar-refractivity contribution in [2.45, 2.75) is 71.0 Å². The molecule has 2 aromatic rings. The molecule has 5 heteroatoms. The number of nitrogens with one attached hydrogen (secondary N) is 1. The number of aromatic nitrogens is 1. The molecule has 2 atom stereocenters. The van der Waals surface area contributed by atoms with Crippen LogP contribution >= 0.6 is 0 Å². The van der Waals surface area contributed by atoms with E-state index >= 15 is 0 Å². The smallest absolute Gasteiger partial charge is 0.278 e. The Bertz CT molecular complexity index is 799. The minimum Gasteiger partial charge on any atom is -0.374 e.